The van der Waals surface area contributed by atoms with Crippen LogP contribution < -0.4 is 5.32 Å². The number of halogens is 1. The summed E-state index contributed by atoms with van der Waals surface area (Å²) >= 11 is 0. The normalized spacial score (nSPS) is 17.6. The van der Waals surface area contributed by atoms with Gasteiger partial charge in [0.1, 0.15) is 0 Å². The van der Waals surface area contributed by atoms with Crippen LogP contribution in [-0.2, 0) is 9.53 Å². The molecule has 0 saturated carbocycles. The minimum Gasteiger partial charge on any atom is -0.466 e. The summed E-state index contributed by atoms with van der Waals surface area (Å²) < 4.78 is 4.89. The highest BCUT2D eigenvalue weighted by Crippen LogP contribution is 2.16. The maximum Gasteiger partial charge on any atom is 0.306 e. The van der Waals surface area contributed by atoms with Crippen LogP contribution in [0.25, 0.3) is 0 Å². The van der Waals surface area contributed by atoms with Gasteiger partial charge < -0.3 is 10.1 Å². The molecule has 0 aromatic rings. The number of nitrogens with one attached hydrogen (secondary N) is 1. The first kappa shape index (κ1) is 12.7. The highest BCUT2D eigenvalue weighted by atomic mass is 35.5. The lowest BCUT2D eigenvalue weighted by atomic mass is 9.95. The zero-order valence-corrected chi connectivity index (χ0v) is 8.86. The molecule has 0 unspecified atom stereocenters. The van der Waals surface area contributed by atoms with E-state index in [9.17, 15) is 4.79 Å². The Morgan fingerprint density at radius 1 is 1.46 bits per heavy atom. The number of piperidine rings is 1. The minimum atomic E-state index is -0.0376. The summed E-state index contributed by atoms with van der Waals surface area (Å²) in [5, 5.41) is 3.27. The van der Waals surface area contributed by atoms with Gasteiger partial charge in [0.15, 0.2) is 0 Å². The fourth-order valence-electron chi connectivity index (χ4n) is 1.54. The van der Waals surface area contributed by atoms with Crippen LogP contribution in [0.1, 0.15) is 26.2 Å². The fourth-order valence-corrected chi connectivity index (χ4v) is 1.54. The molecule has 0 radical (unpaired) electrons. The molecule has 0 aromatic heterocycles. The Balaban J connectivity index is 0.00000144. The number of hydrogen-bond acceptors (Lipinski definition) is 3. The molecule has 0 amide bonds. The Kier molecular flexibility index (Phi) is 7.00. The summed E-state index contributed by atoms with van der Waals surface area (Å²) in [6, 6.07) is 0. The van der Waals surface area contributed by atoms with Gasteiger partial charge in [-0.1, -0.05) is 0 Å². The Labute approximate surface area is 85.6 Å². The average molecular weight is 208 g/mol. The lowest BCUT2D eigenvalue weighted by Crippen LogP contribution is -2.29. The molecular weight excluding hydrogens is 190 g/mol. The number of ether oxygens (including phenoxy) is 1. The molecule has 3 nitrogen and oxygen atoms in total. The van der Waals surface area contributed by atoms with E-state index in [1.54, 1.807) is 0 Å². The van der Waals surface area contributed by atoms with E-state index in [0.29, 0.717) is 18.9 Å². The Morgan fingerprint density at radius 3 is 2.62 bits per heavy atom. The van der Waals surface area contributed by atoms with Crippen LogP contribution in [0.4, 0.5) is 0 Å². The predicted octanol–water partition coefficient (Wildman–Crippen LogP) is 1.36. The van der Waals surface area contributed by atoms with E-state index in [0.717, 1.165) is 25.9 Å². The van der Waals surface area contributed by atoms with Gasteiger partial charge in [0.05, 0.1) is 6.61 Å². The van der Waals surface area contributed by atoms with Crippen molar-refractivity contribution in [2.45, 2.75) is 26.2 Å². The van der Waals surface area contributed by atoms with E-state index in [-0.39, 0.29) is 18.4 Å². The van der Waals surface area contributed by atoms with E-state index >= 15 is 0 Å². The van der Waals surface area contributed by atoms with Crippen LogP contribution >= 0.6 is 12.4 Å². The second-order valence-corrected chi connectivity index (χ2v) is 3.20. The summed E-state index contributed by atoms with van der Waals surface area (Å²) in [7, 11) is 0. The van der Waals surface area contributed by atoms with E-state index in [1.807, 2.05) is 6.92 Å². The predicted molar refractivity (Wildman–Crippen MR) is 54.1 cm³/mol. The standard InChI is InChI=1S/C9H17NO2.ClH/c1-2-12-9(11)7-8-3-5-10-6-4-8;/h8,10H,2-7H2,1H3;1H. The lowest BCUT2D eigenvalue weighted by molar-refractivity contribution is -0.144. The first-order chi connectivity index (χ1) is 5.83. The van der Waals surface area contributed by atoms with Crippen molar-refractivity contribution in [3.05, 3.63) is 0 Å². The molecule has 1 fully saturated rings. The highest BCUT2D eigenvalue weighted by Gasteiger charge is 2.16. The third kappa shape index (κ3) is 5.11. The van der Waals surface area contributed by atoms with Crippen molar-refractivity contribution >= 4 is 18.4 Å². The Hall–Kier alpha value is -0.280. The summed E-state index contributed by atoms with van der Waals surface area (Å²) in [5.74, 6) is 0.509. The molecule has 0 aliphatic carbocycles. The minimum absolute atomic E-state index is 0. The quantitative estimate of drug-likeness (QED) is 0.711. The second-order valence-electron chi connectivity index (χ2n) is 3.20. The van der Waals surface area contributed by atoms with Gasteiger partial charge in [-0.25, -0.2) is 0 Å². The number of hydrogen-bond donors (Lipinski definition) is 1. The molecule has 1 heterocycles. The van der Waals surface area contributed by atoms with Crippen molar-refractivity contribution < 1.29 is 9.53 Å². The molecule has 1 rings (SSSR count). The van der Waals surface area contributed by atoms with E-state index in [1.165, 1.54) is 0 Å². The van der Waals surface area contributed by atoms with Crippen LogP contribution in [0.5, 0.6) is 0 Å². The maximum atomic E-state index is 11.1. The van der Waals surface area contributed by atoms with Gasteiger partial charge in [-0.3, -0.25) is 4.79 Å². The second kappa shape index (κ2) is 7.15. The van der Waals surface area contributed by atoms with E-state index in [2.05, 4.69) is 5.32 Å². The third-order valence-corrected chi connectivity index (χ3v) is 2.22. The molecule has 78 valence electrons. The van der Waals surface area contributed by atoms with Crippen molar-refractivity contribution in [2.24, 2.45) is 5.92 Å². The maximum absolute atomic E-state index is 11.1. The largest absolute Gasteiger partial charge is 0.466 e. The zero-order chi connectivity index (χ0) is 8.81. The van der Waals surface area contributed by atoms with Gasteiger partial charge in [-0.05, 0) is 38.8 Å². The van der Waals surface area contributed by atoms with Crippen LogP contribution in [0, 0.1) is 5.92 Å². The fraction of sp³-hybridized carbons (Fsp3) is 0.889. The lowest BCUT2D eigenvalue weighted by Gasteiger charge is -2.21. The molecule has 0 spiro atoms. The number of esters is 1. The van der Waals surface area contributed by atoms with Gasteiger partial charge in [0.2, 0.25) is 0 Å². The molecule has 0 atom stereocenters. The summed E-state index contributed by atoms with van der Waals surface area (Å²) in [6.45, 7) is 4.44. The Bertz CT molecular complexity index is 147. The van der Waals surface area contributed by atoms with Crippen molar-refractivity contribution in [3.8, 4) is 0 Å². The summed E-state index contributed by atoms with van der Waals surface area (Å²) in [5.41, 5.74) is 0. The van der Waals surface area contributed by atoms with Gasteiger partial charge in [-0.15, -0.1) is 12.4 Å². The molecule has 0 bridgehead atoms. The van der Waals surface area contributed by atoms with Gasteiger partial charge >= 0.3 is 5.97 Å². The molecule has 0 aromatic carbocycles. The van der Waals surface area contributed by atoms with Crippen molar-refractivity contribution in [1.29, 1.82) is 0 Å². The van der Waals surface area contributed by atoms with Crippen molar-refractivity contribution in [2.75, 3.05) is 19.7 Å². The van der Waals surface area contributed by atoms with Gasteiger partial charge in [0, 0.05) is 6.42 Å². The first-order valence-electron chi connectivity index (χ1n) is 4.69. The van der Waals surface area contributed by atoms with Crippen LogP contribution in [0.2, 0.25) is 0 Å². The molecule has 1 saturated heterocycles. The van der Waals surface area contributed by atoms with Crippen molar-refractivity contribution in [1.82, 2.24) is 5.32 Å². The SMILES string of the molecule is CCOC(=O)CC1CCNCC1.Cl. The first-order valence-corrected chi connectivity index (χ1v) is 4.69. The molecule has 4 heteroatoms. The van der Waals surface area contributed by atoms with Crippen molar-refractivity contribution in [3.63, 3.8) is 0 Å². The van der Waals surface area contributed by atoms with E-state index < -0.39 is 0 Å². The highest BCUT2D eigenvalue weighted by molar-refractivity contribution is 5.85. The number of carbonyl (C=O) groups is 1. The molecule has 1 aliphatic rings. The topological polar surface area (TPSA) is 38.3 Å². The molecular formula is C9H18ClNO2. The average Bonchev–Trinajstić information content (AvgIpc) is 2.06. The number of carbonyl (C=O) groups excluding carboxylic acids is 1. The third-order valence-electron chi connectivity index (χ3n) is 2.22. The molecule has 1 aliphatic heterocycles. The zero-order valence-electron chi connectivity index (χ0n) is 8.04. The smallest absolute Gasteiger partial charge is 0.306 e. The van der Waals surface area contributed by atoms with Crippen LogP contribution in [-0.4, -0.2) is 25.7 Å². The van der Waals surface area contributed by atoms with Crippen LogP contribution in [0.15, 0.2) is 0 Å². The van der Waals surface area contributed by atoms with E-state index in [4.69, 9.17) is 4.74 Å². The summed E-state index contributed by atoms with van der Waals surface area (Å²) in [6.07, 6.45) is 2.83. The van der Waals surface area contributed by atoms with Gasteiger partial charge in [-0.2, -0.15) is 0 Å². The monoisotopic (exact) mass is 207 g/mol. The number of rotatable bonds is 3. The van der Waals surface area contributed by atoms with Crippen LogP contribution in [0.3, 0.4) is 0 Å². The molecule has 13 heavy (non-hydrogen) atoms. The molecule has 1 N–H and O–H groups in total. The van der Waals surface area contributed by atoms with Gasteiger partial charge in [0.25, 0.3) is 0 Å². The summed E-state index contributed by atoms with van der Waals surface area (Å²) in [4.78, 5) is 11.1. The Morgan fingerprint density at radius 2 is 2.08 bits per heavy atom.